The van der Waals surface area contributed by atoms with Gasteiger partial charge in [0, 0.05) is 6.04 Å². The molecule has 1 aromatic rings. The largest absolute Gasteiger partial charge is 0.494 e. The third-order valence-electron chi connectivity index (χ3n) is 2.66. The molecule has 0 saturated carbocycles. The first kappa shape index (κ1) is 13.0. The Bertz CT molecular complexity index is 357. The molecule has 16 heavy (non-hydrogen) atoms. The Morgan fingerprint density at radius 1 is 1.31 bits per heavy atom. The van der Waals surface area contributed by atoms with Gasteiger partial charge in [-0.2, -0.15) is 0 Å². The zero-order valence-corrected chi connectivity index (χ0v) is 10.6. The number of halogens is 1. The van der Waals surface area contributed by atoms with Gasteiger partial charge in [0.2, 0.25) is 0 Å². The van der Waals surface area contributed by atoms with E-state index in [2.05, 4.69) is 26.1 Å². The minimum absolute atomic E-state index is 0.0375. The SMILES string of the molecule is CNC(c1ccc(OC)c(F)c1)C(C)(C)C. The summed E-state index contributed by atoms with van der Waals surface area (Å²) >= 11 is 0. The van der Waals surface area contributed by atoms with Crippen LogP contribution >= 0.6 is 0 Å². The highest BCUT2D eigenvalue weighted by atomic mass is 19.1. The van der Waals surface area contributed by atoms with Gasteiger partial charge in [0.05, 0.1) is 7.11 Å². The minimum Gasteiger partial charge on any atom is -0.494 e. The number of ether oxygens (including phenoxy) is 1. The van der Waals surface area contributed by atoms with Crippen molar-refractivity contribution >= 4 is 0 Å². The Morgan fingerprint density at radius 2 is 1.94 bits per heavy atom. The van der Waals surface area contributed by atoms with Crippen molar-refractivity contribution in [1.29, 1.82) is 0 Å². The summed E-state index contributed by atoms with van der Waals surface area (Å²) in [6.45, 7) is 6.36. The van der Waals surface area contributed by atoms with E-state index < -0.39 is 0 Å². The van der Waals surface area contributed by atoms with Gasteiger partial charge in [-0.25, -0.2) is 4.39 Å². The molecule has 0 bridgehead atoms. The normalized spacial score (nSPS) is 13.6. The lowest BCUT2D eigenvalue weighted by Gasteiger charge is -2.31. The topological polar surface area (TPSA) is 21.3 Å². The van der Waals surface area contributed by atoms with Gasteiger partial charge >= 0.3 is 0 Å². The second-order valence-electron chi connectivity index (χ2n) is 4.98. The fourth-order valence-electron chi connectivity index (χ4n) is 1.96. The number of hydrogen-bond acceptors (Lipinski definition) is 2. The molecule has 0 aromatic heterocycles. The highest BCUT2D eigenvalue weighted by Gasteiger charge is 2.25. The average Bonchev–Trinajstić information content (AvgIpc) is 2.17. The van der Waals surface area contributed by atoms with Crippen molar-refractivity contribution in [3.8, 4) is 5.75 Å². The van der Waals surface area contributed by atoms with Crippen molar-refractivity contribution in [2.45, 2.75) is 26.8 Å². The van der Waals surface area contributed by atoms with E-state index in [1.807, 2.05) is 13.1 Å². The molecule has 0 radical (unpaired) electrons. The summed E-state index contributed by atoms with van der Waals surface area (Å²) in [7, 11) is 3.36. The van der Waals surface area contributed by atoms with E-state index in [4.69, 9.17) is 4.74 Å². The lowest BCUT2D eigenvalue weighted by molar-refractivity contribution is 0.285. The maximum atomic E-state index is 13.6. The zero-order valence-electron chi connectivity index (χ0n) is 10.6. The molecular formula is C13H20FNO. The Hall–Kier alpha value is -1.09. The number of nitrogens with one attached hydrogen (secondary N) is 1. The summed E-state index contributed by atoms with van der Waals surface area (Å²) in [5.74, 6) is -0.0305. The molecule has 90 valence electrons. The van der Waals surface area contributed by atoms with Crippen LogP contribution in [0.25, 0.3) is 0 Å². The van der Waals surface area contributed by atoms with E-state index in [9.17, 15) is 4.39 Å². The molecule has 0 fully saturated rings. The molecule has 0 saturated heterocycles. The molecular weight excluding hydrogens is 205 g/mol. The lowest BCUT2D eigenvalue weighted by Crippen LogP contribution is -2.29. The first-order valence-electron chi connectivity index (χ1n) is 5.41. The van der Waals surface area contributed by atoms with Crippen LogP contribution < -0.4 is 10.1 Å². The molecule has 0 aliphatic carbocycles. The van der Waals surface area contributed by atoms with Crippen LogP contribution in [0.15, 0.2) is 18.2 Å². The fourth-order valence-corrected chi connectivity index (χ4v) is 1.96. The summed E-state index contributed by atoms with van der Waals surface area (Å²) < 4.78 is 18.5. The molecule has 1 atom stereocenters. The standard InChI is InChI=1S/C13H20FNO/c1-13(2,3)12(15-4)9-6-7-11(16-5)10(14)8-9/h6-8,12,15H,1-5H3. The van der Waals surface area contributed by atoms with Crippen molar-refractivity contribution in [2.75, 3.05) is 14.2 Å². The summed E-state index contributed by atoms with van der Waals surface area (Å²) in [6.07, 6.45) is 0. The Balaban J connectivity index is 3.08. The van der Waals surface area contributed by atoms with Gasteiger partial charge in [-0.1, -0.05) is 26.8 Å². The number of rotatable bonds is 3. The highest BCUT2D eigenvalue weighted by Crippen LogP contribution is 2.33. The Kier molecular flexibility index (Phi) is 3.92. The maximum absolute atomic E-state index is 13.6. The monoisotopic (exact) mass is 225 g/mol. The Morgan fingerprint density at radius 3 is 2.31 bits per heavy atom. The predicted molar refractivity (Wildman–Crippen MR) is 64.2 cm³/mol. The van der Waals surface area contributed by atoms with Crippen LogP contribution in [-0.2, 0) is 0 Å². The molecule has 0 aliphatic heterocycles. The smallest absolute Gasteiger partial charge is 0.165 e. The number of hydrogen-bond donors (Lipinski definition) is 1. The second-order valence-corrected chi connectivity index (χ2v) is 4.98. The third kappa shape index (κ3) is 2.73. The summed E-state index contributed by atoms with van der Waals surface area (Å²) in [5.41, 5.74) is 0.976. The summed E-state index contributed by atoms with van der Waals surface area (Å²) in [6, 6.07) is 5.22. The van der Waals surface area contributed by atoms with Crippen LogP contribution in [0.2, 0.25) is 0 Å². The second kappa shape index (κ2) is 4.83. The van der Waals surface area contributed by atoms with Gasteiger partial charge in [-0.3, -0.25) is 0 Å². The van der Waals surface area contributed by atoms with E-state index in [-0.39, 0.29) is 23.0 Å². The maximum Gasteiger partial charge on any atom is 0.165 e. The van der Waals surface area contributed by atoms with Crippen LogP contribution in [-0.4, -0.2) is 14.2 Å². The van der Waals surface area contributed by atoms with E-state index in [1.54, 1.807) is 6.07 Å². The molecule has 1 rings (SSSR count). The van der Waals surface area contributed by atoms with E-state index >= 15 is 0 Å². The van der Waals surface area contributed by atoms with Gasteiger partial charge in [0.25, 0.3) is 0 Å². The highest BCUT2D eigenvalue weighted by molar-refractivity contribution is 5.31. The van der Waals surface area contributed by atoms with E-state index in [1.165, 1.54) is 13.2 Å². The molecule has 3 heteroatoms. The molecule has 0 heterocycles. The molecule has 2 nitrogen and oxygen atoms in total. The van der Waals surface area contributed by atoms with Crippen LogP contribution in [0, 0.1) is 11.2 Å². The van der Waals surface area contributed by atoms with Crippen molar-refractivity contribution < 1.29 is 9.13 Å². The van der Waals surface area contributed by atoms with Crippen molar-refractivity contribution in [3.63, 3.8) is 0 Å². The summed E-state index contributed by atoms with van der Waals surface area (Å²) in [4.78, 5) is 0. The van der Waals surface area contributed by atoms with Gasteiger partial charge in [0.15, 0.2) is 11.6 Å². The molecule has 1 aromatic carbocycles. The molecule has 0 spiro atoms. The van der Waals surface area contributed by atoms with Crippen LogP contribution in [0.5, 0.6) is 5.75 Å². The van der Waals surface area contributed by atoms with E-state index in [0.29, 0.717) is 0 Å². The molecule has 1 unspecified atom stereocenters. The van der Waals surface area contributed by atoms with E-state index in [0.717, 1.165) is 5.56 Å². The first-order chi connectivity index (χ1) is 7.40. The predicted octanol–water partition coefficient (Wildman–Crippen LogP) is 3.14. The van der Waals surface area contributed by atoms with Gasteiger partial charge < -0.3 is 10.1 Å². The molecule has 0 aliphatic rings. The minimum atomic E-state index is -0.315. The van der Waals surface area contributed by atoms with Gasteiger partial charge in [-0.05, 0) is 30.2 Å². The van der Waals surface area contributed by atoms with Gasteiger partial charge in [0.1, 0.15) is 0 Å². The number of benzene rings is 1. The lowest BCUT2D eigenvalue weighted by atomic mass is 9.82. The summed E-state index contributed by atoms with van der Waals surface area (Å²) in [5, 5.41) is 3.22. The van der Waals surface area contributed by atoms with Crippen molar-refractivity contribution in [2.24, 2.45) is 5.41 Å². The first-order valence-corrected chi connectivity index (χ1v) is 5.41. The molecule has 0 amide bonds. The Labute approximate surface area is 96.8 Å². The van der Waals surface area contributed by atoms with Gasteiger partial charge in [-0.15, -0.1) is 0 Å². The van der Waals surface area contributed by atoms with Crippen LogP contribution in [0.1, 0.15) is 32.4 Å². The van der Waals surface area contributed by atoms with Crippen LogP contribution in [0.4, 0.5) is 4.39 Å². The quantitative estimate of drug-likeness (QED) is 0.853. The van der Waals surface area contributed by atoms with Crippen molar-refractivity contribution in [1.82, 2.24) is 5.32 Å². The average molecular weight is 225 g/mol. The fraction of sp³-hybridized carbons (Fsp3) is 0.538. The van der Waals surface area contributed by atoms with Crippen molar-refractivity contribution in [3.05, 3.63) is 29.6 Å². The molecule has 1 N–H and O–H groups in total. The zero-order chi connectivity index (χ0) is 12.3. The third-order valence-corrected chi connectivity index (χ3v) is 2.66. The number of methoxy groups -OCH3 is 1. The van der Waals surface area contributed by atoms with Crippen LogP contribution in [0.3, 0.4) is 0 Å².